The minimum Gasteiger partial charge on any atom is -0.364 e. The van der Waals surface area contributed by atoms with Gasteiger partial charge >= 0.3 is 0 Å². The zero-order valence-corrected chi connectivity index (χ0v) is 15.7. The number of para-hydroxylation sites is 1. The van der Waals surface area contributed by atoms with Crippen molar-refractivity contribution in [3.05, 3.63) is 72.0 Å². The quantitative estimate of drug-likeness (QED) is 0.639. The maximum atomic E-state index is 13.2. The van der Waals surface area contributed by atoms with Crippen molar-refractivity contribution < 1.29 is 4.79 Å². The molecule has 4 rings (SSSR count). The number of carbonyl (C=O) groups excluding carboxylic acids is 1. The van der Waals surface area contributed by atoms with Crippen LogP contribution in [0.25, 0.3) is 0 Å². The standard InChI is InChI=1S/C20H16ClN3OS/c1-23(15-5-4-10-22-12-15)13-20(25)24-16-6-2-3-7-18(16)26-19-9-8-14(21)11-17(19)24/h2-12H,13H2,1H3. The third kappa shape index (κ3) is 3.16. The Morgan fingerprint density at radius 1 is 1.12 bits per heavy atom. The summed E-state index contributed by atoms with van der Waals surface area (Å²) in [6, 6.07) is 17.4. The highest BCUT2D eigenvalue weighted by molar-refractivity contribution is 7.99. The second-order valence-corrected chi connectivity index (χ2v) is 7.50. The van der Waals surface area contributed by atoms with Crippen molar-refractivity contribution in [2.45, 2.75) is 9.79 Å². The molecule has 1 amide bonds. The second-order valence-electron chi connectivity index (χ2n) is 5.98. The molecule has 2 aromatic carbocycles. The Balaban J connectivity index is 1.71. The maximum absolute atomic E-state index is 13.2. The monoisotopic (exact) mass is 381 g/mol. The Morgan fingerprint density at radius 2 is 1.92 bits per heavy atom. The van der Waals surface area contributed by atoms with Gasteiger partial charge in [0.2, 0.25) is 0 Å². The van der Waals surface area contributed by atoms with Crippen LogP contribution in [0.5, 0.6) is 0 Å². The number of anilines is 3. The first-order valence-corrected chi connectivity index (χ1v) is 9.33. The van der Waals surface area contributed by atoms with Gasteiger partial charge in [-0.15, -0.1) is 0 Å². The van der Waals surface area contributed by atoms with E-state index in [0.717, 1.165) is 26.9 Å². The number of nitrogens with zero attached hydrogens (tertiary/aromatic N) is 3. The molecule has 3 aromatic rings. The van der Waals surface area contributed by atoms with E-state index in [1.807, 2.05) is 66.5 Å². The summed E-state index contributed by atoms with van der Waals surface area (Å²) in [6.45, 7) is 0.233. The number of halogens is 1. The highest BCUT2D eigenvalue weighted by Gasteiger charge is 2.28. The van der Waals surface area contributed by atoms with E-state index in [9.17, 15) is 4.79 Å². The van der Waals surface area contributed by atoms with Crippen molar-refractivity contribution in [1.29, 1.82) is 0 Å². The van der Waals surface area contributed by atoms with Gasteiger partial charge in [-0.25, -0.2) is 0 Å². The lowest BCUT2D eigenvalue weighted by Crippen LogP contribution is -2.37. The van der Waals surface area contributed by atoms with Gasteiger partial charge in [0.15, 0.2) is 0 Å². The fourth-order valence-electron chi connectivity index (χ4n) is 2.94. The van der Waals surface area contributed by atoms with Crippen LogP contribution in [-0.4, -0.2) is 24.5 Å². The molecule has 1 aromatic heterocycles. The van der Waals surface area contributed by atoms with E-state index in [-0.39, 0.29) is 12.5 Å². The third-order valence-electron chi connectivity index (χ3n) is 4.20. The smallest absolute Gasteiger partial charge is 0.251 e. The number of benzene rings is 2. The predicted octanol–water partition coefficient (Wildman–Crippen LogP) is 5.00. The first-order chi connectivity index (χ1) is 12.6. The first kappa shape index (κ1) is 16.9. The number of aromatic nitrogens is 1. The van der Waals surface area contributed by atoms with Gasteiger partial charge in [0.1, 0.15) is 0 Å². The van der Waals surface area contributed by atoms with Gasteiger partial charge in [-0.3, -0.25) is 14.7 Å². The molecule has 0 spiro atoms. The summed E-state index contributed by atoms with van der Waals surface area (Å²) in [5.41, 5.74) is 2.61. The fourth-order valence-corrected chi connectivity index (χ4v) is 4.15. The van der Waals surface area contributed by atoms with Crippen LogP contribution in [0.4, 0.5) is 17.1 Å². The molecule has 0 N–H and O–H groups in total. The molecular formula is C20H16ClN3OS. The molecule has 0 radical (unpaired) electrons. The molecule has 0 bridgehead atoms. The van der Waals surface area contributed by atoms with Crippen LogP contribution in [0.1, 0.15) is 0 Å². The van der Waals surface area contributed by atoms with Gasteiger partial charge in [-0.1, -0.05) is 35.5 Å². The zero-order valence-electron chi connectivity index (χ0n) is 14.1. The number of hydrogen-bond acceptors (Lipinski definition) is 4. The molecule has 0 aliphatic carbocycles. The highest BCUT2D eigenvalue weighted by Crippen LogP contribution is 2.48. The second kappa shape index (κ2) is 7.02. The van der Waals surface area contributed by atoms with Crippen molar-refractivity contribution in [2.75, 3.05) is 23.4 Å². The molecular weight excluding hydrogens is 366 g/mol. The Bertz CT molecular complexity index is 964. The molecule has 4 nitrogen and oxygen atoms in total. The molecule has 1 aliphatic heterocycles. The van der Waals surface area contributed by atoms with Gasteiger partial charge in [0.25, 0.3) is 5.91 Å². The zero-order chi connectivity index (χ0) is 18.1. The van der Waals surface area contributed by atoms with Crippen molar-refractivity contribution in [2.24, 2.45) is 0 Å². The van der Waals surface area contributed by atoms with E-state index in [0.29, 0.717) is 5.02 Å². The normalized spacial score (nSPS) is 12.3. The van der Waals surface area contributed by atoms with Crippen molar-refractivity contribution in [3.63, 3.8) is 0 Å². The van der Waals surface area contributed by atoms with Crippen LogP contribution >= 0.6 is 23.4 Å². The minimum atomic E-state index is -0.0207. The largest absolute Gasteiger partial charge is 0.364 e. The summed E-state index contributed by atoms with van der Waals surface area (Å²) in [5, 5.41) is 0.613. The number of carbonyl (C=O) groups is 1. The van der Waals surface area contributed by atoms with Crippen LogP contribution < -0.4 is 9.80 Å². The van der Waals surface area contributed by atoms with E-state index in [1.54, 1.807) is 29.1 Å². The van der Waals surface area contributed by atoms with Crippen LogP contribution in [-0.2, 0) is 4.79 Å². The topological polar surface area (TPSA) is 36.4 Å². The van der Waals surface area contributed by atoms with E-state index < -0.39 is 0 Å². The van der Waals surface area contributed by atoms with Gasteiger partial charge in [-0.2, -0.15) is 0 Å². The first-order valence-electron chi connectivity index (χ1n) is 8.14. The van der Waals surface area contributed by atoms with Crippen LogP contribution in [0.15, 0.2) is 76.8 Å². The Labute approximate surface area is 161 Å². The van der Waals surface area contributed by atoms with E-state index >= 15 is 0 Å². The molecule has 0 fully saturated rings. The Hall–Kier alpha value is -2.50. The van der Waals surface area contributed by atoms with E-state index in [4.69, 9.17) is 11.6 Å². The minimum absolute atomic E-state index is 0.0207. The van der Waals surface area contributed by atoms with Crippen molar-refractivity contribution in [1.82, 2.24) is 4.98 Å². The maximum Gasteiger partial charge on any atom is 0.251 e. The molecule has 0 unspecified atom stereocenters. The van der Waals surface area contributed by atoms with Crippen LogP contribution in [0.2, 0.25) is 5.02 Å². The number of rotatable bonds is 3. The van der Waals surface area contributed by atoms with Crippen LogP contribution in [0.3, 0.4) is 0 Å². The third-order valence-corrected chi connectivity index (χ3v) is 5.56. The Morgan fingerprint density at radius 3 is 2.73 bits per heavy atom. The number of amides is 1. The average molecular weight is 382 g/mol. The van der Waals surface area contributed by atoms with Crippen molar-refractivity contribution in [3.8, 4) is 0 Å². The lowest BCUT2D eigenvalue weighted by Gasteiger charge is -2.32. The summed E-state index contributed by atoms with van der Waals surface area (Å²) in [4.78, 5) is 23.1. The van der Waals surface area contributed by atoms with Gasteiger partial charge in [-0.05, 0) is 42.5 Å². The SMILES string of the molecule is CN(CC(=O)N1c2ccccc2Sc2ccc(Cl)cc21)c1cccnc1. The molecule has 0 saturated carbocycles. The van der Waals surface area contributed by atoms with E-state index in [2.05, 4.69) is 4.98 Å². The number of fused-ring (bicyclic) bond motifs is 2. The van der Waals surface area contributed by atoms with Gasteiger partial charge in [0.05, 0.1) is 29.8 Å². The van der Waals surface area contributed by atoms with E-state index in [1.165, 1.54) is 0 Å². The summed E-state index contributed by atoms with van der Waals surface area (Å²) >= 11 is 7.86. The van der Waals surface area contributed by atoms with Crippen molar-refractivity contribution >= 4 is 46.3 Å². The summed E-state index contributed by atoms with van der Waals surface area (Å²) < 4.78 is 0. The van der Waals surface area contributed by atoms with Gasteiger partial charge in [0, 0.05) is 28.1 Å². The number of pyridine rings is 1. The molecule has 130 valence electrons. The average Bonchev–Trinajstić information content (AvgIpc) is 2.66. The number of likely N-dealkylation sites (N-methyl/N-ethyl adjacent to an activating group) is 1. The summed E-state index contributed by atoms with van der Waals surface area (Å²) in [7, 11) is 1.89. The van der Waals surface area contributed by atoms with Gasteiger partial charge < -0.3 is 4.90 Å². The lowest BCUT2D eigenvalue weighted by molar-refractivity contribution is -0.116. The molecule has 6 heteroatoms. The number of hydrogen-bond donors (Lipinski definition) is 0. The molecule has 0 saturated heterocycles. The summed E-state index contributed by atoms with van der Waals surface area (Å²) in [6.07, 6.45) is 3.47. The molecule has 1 aliphatic rings. The molecule has 2 heterocycles. The molecule has 0 atom stereocenters. The Kier molecular flexibility index (Phi) is 4.57. The fraction of sp³-hybridized carbons (Fsp3) is 0.100. The predicted molar refractivity (Wildman–Crippen MR) is 107 cm³/mol. The van der Waals surface area contributed by atoms with Crippen LogP contribution in [0, 0.1) is 0 Å². The molecule has 26 heavy (non-hydrogen) atoms. The lowest BCUT2D eigenvalue weighted by atomic mass is 10.2. The summed E-state index contributed by atoms with van der Waals surface area (Å²) in [5.74, 6) is -0.0207. The highest BCUT2D eigenvalue weighted by atomic mass is 35.5.